The number of rotatable bonds is 6. The number of nitrogens with one attached hydrogen (secondary N) is 2. The van der Waals surface area contributed by atoms with Crippen LogP contribution in [-0.2, 0) is 11.2 Å². The van der Waals surface area contributed by atoms with Crippen LogP contribution in [0.1, 0.15) is 39.7 Å². The number of fused-ring (bicyclic) bond motifs is 1. The van der Waals surface area contributed by atoms with Crippen molar-refractivity contribution in [3.8, 4) is 11.5 Å². The van der Waals surface area contributed by atoms with Gasteiger partial charge >= 0.3 is 0 Å². The van der Waals surface area contributed by atoms with E-state index in [0.717, 1.165) is 17.7 Å². The first-order chi connectivity index (χ1) is 15.5. The first-order valence-electron chi connectivity index (χ1n) is 10.1. The number of carbonyl (C=O) groups is 2. The number of methoxy groups -OCH3 is 2. The van der Waals surface area contributed by atoms with E-state index in [-0.39, 0.29) is 11.8 Å². The molecule has 166 valence electrons. The van der Waals surface area contributed by atoms with Gasteiger partial charge in [0, 0.05) is 15.5 Å². The summed E-state index contributed by atoms with van der Waals surface area (Å²) in [6, 6.07) is 11.9. The molecule has 0 fully saturated rings. The topological polar surface area (TPSA) is 89.5 Å². The van der Waals surface area contributed by atoms with E-state index in [1.54, 1.807) is 49.6 Å². The van der Waals surface area contributed by atoms with E-state index >= 15 is 0 Å². The van der Waals surface area contributed by atoms with Crippen LogP contribution in [0.25, 0.3) is 0 Å². The molecule has 2 N–H and O–H groups in total. The first-order valence-corrected chi connectivity index (χ1v) is 11.3. The molecule has 3 aromatic rings. The van der Waals surface area contributed by atoms with Gasteiger partial charge in [-0.3, -0.25) is 14.9 Å². The third-order valence-corrected chi connectivity index (χ3v) is 6.54. The lowest BCUT2D eigenvalue weighted by molar-refractivity contribution is -0.118. The van der Waals surface area contributed by atoms with Crippen LogP contribution >= 0.6 is 22.9 Å². The number of nitrogens with zero attached hydrogens (tertiary/aromatic N) is 1. The average Bonchev–Trinajstić information content (AvgIpc) is 3.21. The fourth-order valence-electron chi connectivity index (χ4n) is 3.64. The SMILES string of the molecule is COc1ccc(C(=O)Nc2nc3c(s2)CCCC3C(=O)Nc2cc(Cl)ccc2OC)cc1. The third kappa shape index (κ3) is 4.71. The van der Waals surface area contributed by atoms with Crippen LogP contribution in [0, 0.1) is 0 Å². The molecule has 2 amide bonds. The predicted octanol–water partition coefficient (Wildman–Crippen LogP) is 5.12. The molecule has 4 rings (SSSR count). The van der Waals surface area contributed by atoms with Crippen LogP contribution < -0.4 is 20.1 Å². The van der Waals surface area contributed by atoms with Crippen LogP contribution in [0.15, 0.2) is 42.5 Å². The molecule has 0 aliphatic heterocycles. The fraction of sp³-hybridized carbons (Fsp3) is 0.261. The summed E-state index contributed by atoms with van der Waals surface area (Å²) in [6.07, 6.45) is 2.37. The maximum absolute atomic E-state index is 13.1. The van der Waals surface area contributed by atoms with Crippen molar-refractivity contribution in [1.82, 2.24) is 4.98 Å². The molecule has 1 atom stereocenters. The Bertz CT molecular complexity index is 1150. The summed E-state index contributed by atoms with van der Waals surface area (Å²) in [7, 11) is 3.11. The van der Waals surface area contributed by atoms with Gasteiger partial charge in [0.15, 0.2) is 5.13 Å². The van der Waals surface area contributed by atoms with Gasteiger partial charge in [-0.15, -0.1) is 11.3 Å². The summed E-state index contributed by atoms with van der Waals surface area (Å²) in [5.41, 5.74) is 1.73. The van der Waals surface area contributed by atoms with E-state index in [9.17, 15) is 9.59 Å². The largest absolute Gasteiger partial charge is 0.497 e. The normalized spacial score (nSPS) is 14.9. The number of benzene rings is 2. The summed E-state index contributed by atoms with van der Waals surface area (Å²) in [5.74, 6) is 0.361. The quantitative estimate of drug-likeness (QED) is 0.520. The van der Waals surface area contributed by atoms with Gasteiger partial charge in [-0.25, -0.2) is 4.98 Å². The van der Waals surface area contributed by atoms with Crippen molar-refractivity contribution in [2.45, 2.75) is 25.2 Å². The molecule has 1 unspecified atom stereocenters. The second-order valence-electron chi connectivity index (χ2n) is 7.29. The summed E-state index contributed by atoms with van der Waals surface area (Å²) >= 11 is 7.49. The van der Waals surface area contributed by atoms with E-state index in [1.165, 1.54) is 18.4 Å². The maximum atomic E-state index is 13.1. The molecule has 0 saturated heterocycles. The maximum Gasteiger partial charge on any atom is 0.257 e. The highest BCUT2D eigenvalue weighted by Gasteiger charge is 2.31. The molecule has 32 heavy (non-hydrogen) atoms. The van der Waals surface area contributed by atoms with E-state index < -0.39 is 5.92 Å². The monoisotopic (exact) mass is 471 g/mol. The molecule has 0 spiro atoms. The minimum Gasteiger partial charge on any atom is -0.497 e. The highest BCUT2D eigenvalue weighted by Crippen LogP contribution is 2.38. The Balaban J connectivity index is 1.51. The fourth-order valence-corrected chi connectivity index (χ4v) is 4.87. The van der Waals surface area contributed by atoms with Gasteiger partial charge in [0.2, 0.25) is 5.91 Å². The highest BCUT2D eigenvalue weighted by atomic mass is 35.5. The number of amides is 2. The molecule has 0 bridgehead atoms. The lowest BCUT2D eigenvalue weighted by Gasteiger charge is -2.21. The zero-order valence-corrected chi connectivity index (χ0v) is 19.2. The van der Waals surface area contributed by atoms with Crippen molar-refractivity contribution in [2.24, 2.45) is 0 Å². The number of ether oxygens (including phenoxy) is 2. The summed E-state index contributed by atoms with van der Waals surface area (Å²) < 4.78 is 10.4. The van der Waals surface area contributed by atoms with Gasteiger partial charge in [0.1, 0.15) is 11.5 Å². The molecule has 1 heterocycles. The van der Waals surface area contributed by atoms with Gasteiger partial charge in [-0.1, -0.05) is 11.6 Å². The summed E-state index contributed by atoms with van der Waals surface area (Å²) in [6.45, 7) is 0. The van der Waals surface area contributed by atoms with E-state index in [2.05, 4.69) is 15.6 Å². The summed E-state index contributed by atoms with van der Waals surface area (Å²) in [4.78, 5) is 31.3. The minimum absolute atomic E-state index is 0.176. The Morgan fingerprint density at radius 2 is 1.88 bits per heavy atom. The molecular weight excluding hydrogens is 450 g/mol. The minimum atomic E-state index is -0.412. The van der Waals surface area contributed by atoms with E-state index in [0.29, 0.717) is 45.0 Å². The average molecular weight is 472 g/mol. The van der Waals surface area contributed by atoms with Crippen molar-refractivity contribution < 1.29 is 19.1 Å². The molecule has 9 heteroatoms. The van der Waals surface area contributed by atoms with Gasteiger partial charge in [-0.2, -0.15) is 0 Å². The standard InChI is InChI=1S/C23H22ClN3O4S/c1-30-15-9-6-13(7-10-15)21(28)27-23-26-20-16(4-3-5-19(20)32-23)22(29)25-17-12-14(24)8-11-18(17)31-2/h6-12,16H,3-5H2,1-2H3,(H,25,29)(H,26,27,28). The van der Waals surface area contributed by atoms with Crippen LogP contribution in [0.2, 0.25) is 5.02 Å². The Hall–Kier alpha value is -3.10. The molecule has 1 aliphatic carbocycles. The van der Waals surface area contributed by atoms with Crippen LogP contribution in [0.4, 0.5) is 10.8 Å². The predicted molar refractivity (Wildman–Crippen MR) is 125 cm³/mol. The van der Waals surface area contributed by atoms with Crippen molar-refractivity contribution in [2.75, 3.05) is 24.9 Å². The van der Waals surface area contributed by atoms with E-state index in [4.69, 9.17) is 21.1 Å². The smallest absolute Gasteiger partial charge is 0.257 e. The van der Waals surface area contributed by atoms with Crippen molar-refractivity contribution in [3.63, 3.8) is 0 Å². The second-order valence-corrected chi connectivity index (χ2v) is 8.81. The lowest BCUT2D eigenvalue weighted by Crippen LogP contribution is -2.25. The van der Waals surface area contributed by atoms with Gasteiger partial charge in [0.05, 0.1) is 31.5 Å². The second kappa shape index (κ2) is 9.58. The van der Waals surface area contributed by atoms with E-state index in [1.807, 2.05) is 0 Å². The Kier molecular flexibility index (Phi) is 6.62. The van der Waals surface area contributed by atoms with Crippen LogP contribution in [0.3, 0.4) is 0 Å². The molecular formula is C23H22ClN3O4S. The van der Waals surface area contributed by atoms with Gasteiger partial charge in [0.25, 0.3) is 5.91 Å². The number of hydrogen-bond donors (Lipinski definition) is 2. The Morgan fingerprint density at radius 1 is 1.09 bits per heavy atom. The zero-order valence-electron chi connectivity index (χ0n) is 17.6. The number of anilines is 2. The number of aromatic nitrogens is 1. The van der Waals surface area contributed by atoms with Crippen molar-refractivity contribution in [1.29, 1.82) is 0 Å². The van der Waals surface area contributed by atoms with Crippen LogP contribution in [-0.4, -0.2) is 31.0 Å². The first kappa shape index (κ1) is 22.1. The molecule has 7 nitrogen and oxygen atoms in total. The number of carbonyl (C=O) groups excluding carboxylic acids is 2. The number of thiazole rings is 1. The van der Waals surface area contributed by atoms with Gasteiger partial charge in [-0.05, 0) is 61.7 Å². The number of halogens is 1. The lowest BCUT2D eigenvalue weighted by atomic mass is 9.90. The third-order valence-electron chi connectivity index (χ3n) is 5.26. The van der Waals surface area contributed by atoms with Crippen molar-refractivity contribution in [3.05, 3.63) is 63.6 Å². The van der Waals surface area contributed by atoms with Crippen molar-refractivity contribution >= 4 is 45.6 Å². The van der Waals surface area contributed by atoms with Crippen LogP contribution in [0.5, 0.6) is 11.5 Å². The van der Waals surface area contributed by atoms with Gasteiger partial charge < -0.3 is 14.8 Å². The highest BCUT2D eigenvalue weighted by molar-refractivity contribution is 7.16. The molecule has 0 saturated carbocycles. The zero-order chi connectivity index (χ0) is 22.7. The Morgan fingerprint density at radius 3 is 2.59 bits per heavy atom. The molecule has 1 aliphatic rings. The number of aryl methyl sites for hydroxylation is 1. The molecule has 1 aromatic heterocycles. The Labute approximate surface area is 194 Å². The summed E-state index contributed by atoms with van der Waals surface area (Å²) in [5, 5.41) is 6.75. The number of hydrogen-bond acceptors (Lipinski definition) is 6. The molecule has 2 aromatic carbocycles. The molecule has 0 radical (unpaired) electrons.